The summed E-state index contributed by atoms with van der Waals surface area (Å²) in [7, 11) is 3.33. The van der Waals surface area contributed by atoms with Gasteiger partial charge in [-0.2, -0.15) is 5.10 Å². The predicted octanol–water partition coefficient (Wildman–Crippen LogP) is 2.62. The third kappa shape index (κ3) is 5.85. The van der Waals surface area contributed by atoms with E-state index in [-0.39, 0.29) is 35.8 Å². The summed E-state index contributed by atoms with van der Waals surface area (Å²) < 4.78 is 21.7. The molecule has 0 amide bonds. The number of aryl methyl sites for hydroxylation is 1. The molecule has 0 fully saturated rings. The Morgan fingerprint density at radius 1 is 1.48 bits per heavy atom. The number of nitrogens with zero attached hydrogens (tertiary/aromatic N) is 4. The van der Waals surface area contributed by atoms with Crippen molar-refractivity contribution in [1.82, 2.24) is 25.4 Å². The van der Waals surface area contributed by atoms with Crippen molar-refractivity contribution in [2.45, 2.75) is 38.6 Å². The van der Waals surface area contributed by atoms with E-state index in [1.165, 1.54) is 6.07 Å². The molecular weight excluding hydrogens is 530 g/mol. The van der Waals surface area contributed by atoms with E-state index in [9.17, 15) is 4.39 Å². The summed E-state index contributed by atoms with van der Waals surface area (Å²) in [4.78, 5) is 8.71. The molecule has 7 nitrogen and oxygen atoms in total. The van der Waals surface area contributed by atoms with Gasteiger partial charge in [-0.15, -0.1) is 24.0 Å². The number of guanidine groups is 1. The Balaban J connectivity index is 0.00000261. The monoisotopic (exact) mass is 552 g/mol. The van der Waals surface area contributed by atoms with Gasteiger partial charge in [0.1, 0.15) is 18.2 Å². The number of aromatic nitrogens is 3. The Morgan fingerprint density at radius 2 is 2.30 bits per heavy atom. The first kappa shape index (κ1) is 22.0. The second-order valence-electron chi connectivity index (χ2n) is 6.10. The van der Waals surface area contributed by atoms with Crippen LogP contribution in [0.3, 0.4) is 0 Å². The van der Waals surface area contributed by atoms with Gasteiger partial charge in [-0.25, -0.2) is 14.1 Å². The molecule has 0 spiro atoms. The summed E-state index contributed by atoms with van der Waals surface area (Å²) in [5, 5.41) is 11.0. The Hall–Kier alpha value is -1.27. The van der Waals surface area contributed by atoms with E-state index in [1.807, 2.05) is 4.68 Å². The van der Waals surface area contributed by atoms with Gasteiger partial charge in [0.25, 0.3) is 0 Å². The molecule has 1 unspecified atom stereocenters. The lowest BCUT2D eigenvalue weighted by atomic mass is 10.1. The molecule has 1 aromatic carbocycles. The van der Waals surface area contributed by atoms with Crippen LogP contribution in [0.5, 0.6) is 0 Å². The minimum absolute atomic E-state index is 0. The maximum Gasteiger partial charge on any atom is 0.191 e. The molecule has 0 bridgehead atoms. The first-order valence-corrected chi connectivity index (χ1v) is 9.21. The molecular formula is C17H23BrFIN6O. The second kappa shape index (κ2) is 10.3. The number of rotatable bonds is 5. The van der Waals surface area contributed by atoms with Gasteiger partial charge in [-0.3, -0.25) is 4.99 Å². The lowest BCUT2D eigenvalue weighted by Crippen LogP contribution is -2.46. The van der Waals surface area contributed by atoms with E-state index < -0.39 is 0 Å². The summed E-state index contributed by atoms with van der Waals surface area (Å²) in [5.74, 6) is 2.08. The zero-order chi connectivity index (χ0) is 18.5. The van der Waals surface area contributed by atoms with Crippen LogP contribution in [0, 0.1) is 5.82 Å². The molecule has 148 valence electrons. The zero-order valence-electron chi connectivity index (χ0n) is 15.2. The van der Waals surface area contributed by atoms with Crippen LogP contribution in [0.4, 0.5) is 4.39 Å². The van der Waals surface area contributed by atoms with Crippen molar-refractivity contribution in [3.8, 4) is 0 Å². The van der Waals surface area contributed by atoms with Crippen molar-refractivity contribution in [2.75, 3.05) is 14.2 Å². The summed E-state index contributed by atoms with van der Waals surface area (Å²) >= 11 is 3.36. The third-order valence-corrected chi connectivity index (χ3v) is 4.69. The van der Waals surface area contributed by atoms with Crippen molar-refractivity contribution < 1.29 is 9.13 Å². The predicted molar refractivity (Wildman–Crippen MR) is 116 cm³/mol. The van der Waals surface area contributed by atoms with Crippen molar-refractivity contribution >= 4 is 45.9 Å². The molecule has 27 heavy (non-hydrogen) atoms. The smallest absolute Gasteiger partial charge is 0.191 e. The number of nitrogens with one attached hydrogen (secondary N) is 2. The molecule has 0 aliphatic carbocycles. The number of hydrogen-bond donors (Lipinski definition) is 2. The van der Waals surface area contributed by atoms with Crippen LogP contribution < -0.4 is 10.6 Å². The number of ether oxygens (including phenoxy) is 1. The zero-order valence-corrected chi connectivity index (χ0v) is 19.1. The summed E-state index contributed by atoms with van der Waals surface area (Å²) in [6.07, 6.45) is 1.77. The fraction of sp³-hybridized carbons (Fsp3) is 0.471. The highest BCUT2D eigenvalue weighted by Gasteiger charge is 2.22. The molecule has 2 aromatic rings. The van der Waals surface area contributed by atoms with Gasteiger partial charge in [0.15, 0.2) is 11.8 Å². The fourth-order valence-corrected chi connectivity index (χ4v) is 3.32. The number of aliphatic imine (C=N–C) groups is 1. The largest absolute Gasteiger partial charge is 0.377 e. The molecule has 3 rings (SSSR count). The van der Waals surface area contributed by atoms with Gasteiger partial charge >= 0.3 is 0 Å². The van der Waals surface area contributed by atoms with Gasteiger partial charge in [-0.05, 0) is 24.6 Å². The van der Waals surface area contributed by atoms with Gasteiger partial charge in [-0.1, -0.05) is 15.9 Å². The number of hydrogen-bond acceptors (Lipinski definition) is 4. The number of halogens is 3. The van der Waals surface area contributed by atoms with Gasteiger partial charge in [0.2, 0.25) is 0 Å². The standard InChI is InChI=1S/C17H22BrFN6O.HI/c1-20-17(21-8-11-7-12(18)3-5-14(11)19)22-13-4-6-16-23-15(10-26-2)24-25(16)9-13;/h3,5,7,13H,4,6,8-10H2,1-2H3,(H2,20,21,22);1H. The van der Waals surface area contributed by atoms with Crippen molar-refractivity contribution in [2.24, 2.45) is 4.99 Å². The minimum atomic E-state index is -0.244. The Labute approximate surface area is 183 Å². The number of fused-ring (bicyclic) bond motifs is 1. The van der Waals surface area contributed by atoms with Crippen LogP contribution >= 0.6 is 39.9 Å². The molecule has 0 saturated heterocycles. The van der Waals surface area contributed by atoms with Crippen LogP contribution in [0.15, 0.2) is 27.7 Å². The molecule has 2 N–H and O–H groups in total. The van der Waals surface area contributed by atoms with Crippen LogP contribution in [0.1, 0.15) is 23.6 Å². The maximum absolute atomic E-state index is 13.9. The van der Waals surface area contributed by atoms with E-state index in [1.54, 1.807) is 26.3 Å². The van der Waals surface area contributed by atoms with Crippen LogP contribution in [-0.4, -0.2) is 40.9 Å². The lowest BCUT2D eigenvalue weighted by Gasteiger charge is -2.25. The van der Waals surface area contributed by atoms with Gasteiger partial charge in [0, 0.05) is 43.2 Å². The molecule has 0 radical (unpaired) electrons. The van der Waals surface area contributed by atoms with Crippen molar-refractivity contribution in [3.05, 3.63) is 45.7 Å². The summed E-state index contributed by atoms with van der Waals surface area (Å²) in [6, 6.07) is 5.07. The van der Waals surface area contributed by atoms with Crippen LogP contribution in [0.25, 0.3) is 0 Å². The minimum Gasteiger partial charge on any atom is -0.377 e. The maximum atomic E-state index is 13.9. The van der Waals surface area contributed by atoms with Crippen LogP contribution in [-0.2, 0) is 30.9 Å². The molecule has 1 aliphatic heterocycles. The van der Waals surface area contributed by atoms with E-state index in [4.69, 9.17) is 4.74 Å². The Kier molecular flexibility index (Phi) is 8.42. The Bertz CT molecular complexity index is 800. The average molecular weight is 553 g/mol. The van der Waals surface area contributed by atoms with Crippen LogP contribution in [0.2, 0.25) is 0 Å². The second-order valence-corrected chi connectivity index (χ2v) is 7.02. The third-order valence-electron chi connectivity index (χ3n) is 4.19. The van der Waals surface area contributed by atoms with Gasteiger partial charge in [0.05, 0.1) is 6.54 Å². The molecule has 10 heteroatoms. The lowest BCUT2D eigenvalue weighted by molar-refractivity contribution is 0.177. The number of benzene rings is 1. The highest BCUT2D eigenvalue weighted by atomic mass is 127. The van der Waals surface area contributed by atoms with Gasteiger partial charge < -0.3 is 15.4 Å². The normalized spacial score (nSPS) is 16.4. The van der Waals surface area contributed by atoms with Crippen molar-refractivity contribution in [1.29, 1.82) is 0 Å². The first-order valence-electron chi connectivity index (χ1n) is 8.41. The molecule has 2 heterocycles. The molecule has 1 atom stereocenters. The fourth-order valence-electron chi connectivity index (χ4n) is 2.91. The molecule has 1 aromatic heterocycles. The highest BCUT2D eigenvalue weighted by Crippen LogP contribution is 2.16. The van der Waals surface area contributed by atoms with Crippen molar-refractivity contribution in [3.63, 3.8) is 0 Å². The topological polar surface area (TPSA) is 76.4 Å². The summed E-state index contributed by atoms with van der Waals surface area (Å²) in [5.41, 5.74) is 0.578. The Morgan fingerprint density at radius 3 is 3.04 bits per heavy atom. The molecule has 1 aliphatic rings. The van der Waals surface area contributed by atoms with E-state index in [0.29, 0.717) is 37.0 Å². The SMILES string of the molecule is CN=C(NCc1cc(Br)ccc1F)NC1CCc2nc(COC)nn2C1.I. The first-order chi connectivity index (χ1) is 12.6. The van der Waals surface area contributed by atoms with E-state index in [2.05, 4.69) is 41.6 Å². The molecule has 0 saturated carbocycles. The van der Waals surface area contributed by atoms with E-state index in [0.717, 1.165) is 23.1 Å². The van der Waals surface area contributed by atoms with E-state index >= 15 is 0 Å². The average Bonchev–Trinajstić information content (AvgIpc) is 3.03. The number of methoxy groups -OCH3 is 1. The highest BCUT2D eigenvalue weighted by molar-refractivity contribution is 14.0. The quantitative estimate of drug-likeness (QED) is 0.339. The summed E-state index contributed by atoms with van der Waals surface area (Å²) in [6.45, 7) is 1.47.